The first-order valence-corrected chi connectivity index (χ1v) is 8.34. The quantitative estimate of drug-likeness (QED) is 0.805. The number of carbonyl (C=O) groups is 1. The van der Waals surface area contributed by atoms with Gasteiger partial charge in [0.05, 0.1) is 0 Å². The number of hydrogen-bond acceptors (Lipinski definition) is 4. The molecule has 0 fully saturated rings. The van der Waals surface area contributed by atoms with Crippen molar-refractivity contribution in [3.63, 3.8) is 0 Å². The van der Waals surface area contributed by atoms with Crippen LogP contribution in [0.25, 0.3) is 0 Å². The molecule has 0 heterocycles. The summed E-state index contributed by atoms with van der Waals surface area (Å²) in [4.78, 5) is 12.9. The van der Waals surface area contributed by atoms with E-state index in [4.69, 9.17) is 5.11 Å². The zero-order chi connectivity index (χ0) is 16.2. The Morgan fingerprint density at radius 1 is 1.24 bits per heavy atom. The van der Waals surface area contributed by atoms with Crippen molar-refractivity contribution >= 4 is 27.4 Å². The highest BCUT2D eigenvalue weighted by atomic mass is 32.2. The van der Waals surface area contributed by atoms with Gasteiger partial charge in [-0.15, -0.1) is 0 Å². The average Bonchev–Trinajstić information content (AvgIpc) is 2.39. The molecule has 0 saturated carbocycles. The van der Waals surface area contributed by atoms with E-state index in [-0.39, 0.29) is 0 Å². The van der Waals surface area contributed by atoms with Gasteiger partial charge in [-0.05, 0) is 52.0 Å². The van der Waals surface area contributed by atoms with Gasteiger partial charge in [-0.25, -0.2) is 8.42 Å². The standard InChI is InChI=1S/C14H22N2O4S/c1-5-16(10(2)3)13-8-6-12(7-9-13)15-21(19,20)11(4)14(17)18/h6-11,15H,5H2,1-4H3,(H,17,18). The summed E-state index contributed by atoms with van der Waals surface area (Å²) < 4.78 is 25.9. The fraction of sp³-hybridized carbons (Fsp3) is 0.500. The minimum atomic E-state index is -3.93. The van der Waals surface area contributed by atoms with Crippen molar-refractivity contribution in [2.24, 2.45) is 0 Å². The number of nitrogens with zero attached hydrogens (tertiary/aromatic N) is 1. The van der Waals surface area contributed by atoms with E-state index in [1.165, 1.54) is 0 Å². The van der Waals surface area contributed by atoms with Crippen LogP contribution in [0.1, 0.15) is 27.7 Å². The first-order chi connectivity index (χ1) is 9.69. The van der Waals surface area contributed by atoms with Crippen LogP contribution in [-0.4, -0.2) is 37.3 Å². The Balaban J connectivity index is 2.91. The van der Waals surface area contributed by atoms with E-state index >= 15 is 0 Å². The third-order valence-electron chi connectivity index (χ3n) is 3.24. The van der Waals surface area contributed by atoms with Gasteiger partial charge in [0.1, 0.15) is 0 Å². The van der Waals surface area contributed by atoms with E-state index in [9.17, 15) is 13.2 Å². The van der Waals surface area contributed by atoms with Crippen LogP contribution in [0.3, 0.4) is 0 Å². The molecule has 21 heavy (non-hydrogen) atoms. The molecular weight excluding hydrogens is 292 g/mol. The Morgan fingerprint density at radius 3 is 2.14 bits per heavy atom. The van der Waals surface area contributed by atoms with Crippen LogP contribution in [-0.2, 0) is 14.8 Å². The number of benzene rings is 1. The lowest BCUT2D eigenvalue weighted by Crippen LogP contribution is -2.32. The lowest BCUT2D eigenvalue weighted by molar-refractivity contribution is -0.136. The van der Waals surface area contributed by atoms with E-state index in [1.54, 1.807) is 12.1 Å². The zero-order valence-electron chi connectivity index (χ0n) is 12.7. The molecule has 1 atom stereocenters. The van der Waals surface area contributed by atoms with E-state index in [0.717, 1.165) is 19.2 Å². The summed E-state index contributed by atoms with van der Waals surface area (Å²) >= 11 is 0. The molecule has 1 aromatic carbocycles. The molecule has 1 aromatic rings. The number of aliphatic carboxylic acids is 1. The molecule has 7 heteroatoms. The van der Waals surface area contributed by atoms with Gasteiger partial charge in [0.15, 0.2) is 5.25 Å². The maximum Gasteiger partial charge on any atom is 0.323 e. The minimum Gasteiger partial charge on any atom is -0.480 e. The summed E-state index contributed by atoms with van der Waals surface area (Å²) in [6, 6.07) is 7.23. The second-order valence-electron chi connectivity index (χ2n) is 5.05. The van der Waals surface area contributed by atoms with Gasteiger partial charge in [-0.1, -0.05) is 0 Å². The Kier molecular flexibility index (Phi) is 5.60. The highest BCUT2D eigenvalue weighted by Gasteiger charge is 2.27. The van der Waals surface area contributed by atoms with E-state index in [0.29, 0.717) is 11.7 Å². The largest absolute Gasteiger partial charge is 0.480 e. The molecule has 2 N–H and O–H groups in total. The minimum absolute atomic E-state index is 0.338. The Morgan fingerprint density at radius 2 is 1.76 bits per heavy atom. The molecule has 6 nitrogen and oxygen atoms in total. The lowest BCUT2D eigenvalue weighted by atomic mass is 10.2. The topological polar surface area (TPSA) is 86.7 Å². The number of rotatable bonds is 7. The van der Waals surface area contributed by atoms with Gasteiger partial charge in [0.2, 0.25) is 10.0 Å². The second kappa shape index (κ2) is 6.80. The van der Waals surface area contributed by atoms with E-state index in [1.807, 2.05) is 19.1 Å². The van der Waals surface area contributed by atoms with Gasteiger partial charge in [0, 0.05) is 24.0 Å². The van der Waals surface area contributed by atoms with Gasteiger partial charge < -0.3 is 10.0 Å². The molecule has 0 aromatic heterocycles. The normalized spacial score (nSPS) is 13.0. The average molecular weight is 314 g/mol. The maximum absolute atomic E-state index is 11.8. The molecule has 0 bridgehead atoms. The van der Waals surface area contributed by atoms with Crippen molar-refractivity contribution in [1.82, 2.24) is 0 Å². The van der Waals surface area contributed by atoms with Crippen molar-refractivity contribution in [2.75, 3.05) is 16.2 Å². The maximum atomic E-state index is 11.8. The molecule has 1 unspecified atom stereocenters. The smallest absolute Gasteiger partial charge is 0.323 e. The highest BCUT2D eigenvalue weighted by molar-refractivity contribution is 7.94. The summed E-state index contributed by atoms with van der Waals surface area (Å²) in [7, 11) is -3.93. The van der Waals surface area contributed by atoms with Crippen molar-refractivity contribution in [3.05, 3.63) is 24.3 Å². The molecule has 0 radical (unpaired) electrons. The molecule has 0 aliphatic heterocycles. The SMILES string of the molecule is CCN(c1ccc(NS(=O)(=O)C(C)C(=O)O)cc1)C(C)C. The molecule has 0 aliphatic carbocycles. The molecule has 0 saturated heterocycles. The zero-order valence-corrected chi connectivity index (χ0v) is 13.5. The van der Waals surface area contributed by atoms with Gasteiger partial charge in [-0.2, -0.15) is 0 Å². The second-order valence-corrected chi connectivity index (χ2v) is 7.06. The van der Waals surface area contributed by atoms with E-state index < -0.39 is 21.2 Å². The van der Waals surface area contributed by atoms with Crippen LogP contribution in [0.5, 0.6) is 0 Å². The third-order valence-corrected chi connectivity index (χ3v) is 4.89. The summed E-state index contributed by atoms with van der Waals surface area (Å²) in [6.07, 6.45) is 0. The monoisotopic (exact) mass is 314 g/mol. The molecule has 0 aliphatic rings. The third kappa shape index (κ3) is 4.35. The van der Waals surface area contributed by atoms with Crippen LogP contribution in [0, 0.1) is 0 Å². The first-order valence-electron chi connectivity index (χ1n) is 6.80. The van der Waals surface area contributed by atoms with Gasteiger partial charge >= 0.3 is 5.97 Å². The number of carboxylic acids is 1. The van der Waals surface area contributed by atoms with Crippen LogP contribution in [0.15, 0.2) is 24.3 Å². The Hall–Kier alpha value is -1.76. The summed E-state index contributed by atoms with van der Waals surface area (Å²) in [5.41, 5.74) is 1.34. The molecule has 0 spiro atoms. The predicted octanol–water partition coefficient (Wildman–Crippen LogP) is 2.14. The number of nitrogens with one attached hydrogen (secondary N) is 1. The summed E-state index contributed by atoms with van der Waals surface area (Å²) in [5.74, 6) is -1.38. The fourth-order valence-electron chi connectivity index (χ4n) is 1.95. The predicted molar refractivity (Wildman–Crippen MR) is 84.2 cm³/mol. The number of hydrogen-bond donors (Lipinski definition) is 2. The van der Waals surface area contributed by atoms with Crippen LogP contribution in [0.4, 0.5) is 11.4 Å². The lowest BCUT2D eigenvalue weighted by Gasteiger charge is -2.27. The van der Waals surface area contributed by atoms with Crippen molar-refractivity contribution in [1.29, 1.82) is 0 Å². The number of anilines is 2. The van der Waals surface area contributed by atoms with Crippen LogP contribution >= 0.6 is 0 Å². The molecule has 118 valence electrons. The molecule has 0 amide bonds. The summed E-state index contributed by atoms with van der Waals surface area (Å²) in [6.45, 7) is 8.18. The molecular formula is C14H22N2O4S. The van der Waals surface area contributed by atoms with Crippen molar-refractivity contribution < 1.29 is 18.3 Å². The fourth-order valence-corrected chi connectivity index (χ4v) is 2.86. The van der Waals surface area contributed by atoms with Crippen molar-refractivity contribution in [2.45, 2.75) is 39.0 Å². The number of sulfonamides is 1. The molecule has 1 rings (SSSR count). The van der Waals surface area contributed by atoms with Gasteiger partial charge in [-0.3, -0.25) is 9.52 Å². The Labute approximate surface area is 125 Å². The summed E-state index contributed by atoms with van der Waals surface area (Å²) in [5, 5.41) is 7.28. The van der Waals surface area contributed by atoms with Crippen LogP contribution in [0.2, 0.25) is 0 Å². The highest BCUT2D eigenvalue weighted by Crippen LogP contribution is 2.21. The van der Waals surface area contributed by atoms with Crippen molar-refractivity contribution in [3.8, 4) is 0 Å². The Bertz CT molecular complexity index is 581. The number of carboxylic acid groups (broad SMARTS) is 1. The first kappa shape index (κ1) is 17.3. The van der Waals surface area contributed by atoms with E-state index in [2.05, 4.69) is 23.5 Å². The van der Waals surface area contributed by atoms with Gasteiger partial charge in [0.25, 0.3) is 0 Å². The van der Waals surface area contributed by atoms with Crippen LogP contribution < -0.4 is 9.62 Å².